The van der Waals surface area contributed by atoms with E-state index >= 15 is 0 Å². The molecule has 1 saturated heterocycles. The first kappa shape index (κ1) is 16.6. The molecule has 128 valence electrons. The van der Waals surface area contributed by atoms with Crippen molar-refractivity contribution in [3.05, 3.63) is 47.0 Å². The molecular formula is C18H23FN4O. The maximum absolute atomic E-state index is 14.5. The Morgan fingerprint density at radius 1 is 1.38 bits per heavy atom. The van der Waals surface area contributed by atoms with Gasteiger partial charge in [-0.2, -0.15) is 5.10 Å². The fraction of sp³-hybridized carbons (Fsp3) is 0.444. The third-order valence-electron chi connectivity index (χ3n) is 4.50. The van der Waals surface area contributed by atoms with Crippen LogP contribution in [0.25, 0.3) is 5.69 Å². The number of benzene rings is 1. The Hall–Kier alpha value is -2.21. The smallest absolute Gasteiger partial charge is 0.253 e. The Bertz CT molecular complexity index is 755. The van der Waals surface area contributed by atoms with Gasteiger partial charge in [0.15, 0.2) is 0 Å². The quantitative estimate of drug-likeness (QED) is 0.936. The summed E-state index contributed by atoms with van der Waals surface area (Å²) in [6.45, 7) is 6.10. The zero-order chi connectivity index (χ0) is 17.3. The molecule has 0 unspecified atom stereocenters. The lowest BCUT2D eigenvalue weighted by Gasteiger charge is -2.17. The van der Waals surface area contributed by atoms with Gasteiger partial charge in [-0.05, 0) is 64.0 Å². The highest BCUT2D eigenvalue weighted by molar-refractivity contribution is 5.94. The summed E-state index contributed by atoms with van der Waals surface area (Å²) in [6.07, 6.45) is 0.985. The molecule has 24 heavy (non-hydrogen) atoms. The van der Waals surface area contributed by atoms with E-state index < -0.39 is 5.82 Å². The van der Waals surface area contributed by atoms with Crippen LogP contribution in [0, 0.1) is 25.6 Å². The SMILES string of the molecule is CNC[C@H]1CCN(C(=O)c2ccc(-n3nc(C)cc3C)c(F)c2)C1. The van der Waals surface area contributed by atoms with Crippen LogP contribution in [0.5, 0.6) is 0 Å². The van der Waals surface area contributed by atoms with E-state index in [0.29, 0.717) is 17.2 Å². The Balaban J connectivity index is 1.80. The summed E-state index contributed by atoms with van der Waals surface area (Å²) in [5, 5.41) is 7.44. The molecule has 0 spiro atoms. The summed E-state index contributed by atoms with van der Waals surface area (Å²) in [4.78, 5) is 14.4. The van der Waals surface area contributed by atoms with E-state index in [2.05, 4.69) is 10.4 Å². The van der Waals surface area contributed by atoms with Crippen molar-refractivity contribution in [1.82, 2.24) is 20.0 Å². The monoisotopic (exact) mass is 330 g/mol. The number of amides is 1. The van der Waals surface area contributed by atoms with E-state index in [4.69, 9.17) is 0 Å². The molecule has 1 aliphatic rings. The number of nitrogens with one attached hydrogen (secondary N) is 1. The first-order valence-corrected chi connectivity index (χ1v) is 8.26. The van der Waals surface area contributed by atoms with Crippen LogP contribution in [0.1, 0.15) is 28.2 Å². The van der Waals surface area contributed by atoms with Crippen LogP contribution in [0.3, 0.4) is 0 Å². The number of hydrogen-bond donors (Lipinski definition) is 1. The van der Waals surface area contributed by atoms with Gasteiger partial charge in [0.1, 0.15) is 11.5 Å². The molecule has 1 aliphatic heterocycles. The summed E-state index contributed by atoms with van der Waals surface area (Å²) >= 11 is 0. The summed E-state index contributed by atoms with van der Waals surface area (Å²) in [5.41, 5.74) is 2.45. The molecule has 1 aromatic heterocycles. The molecule has 0 saturated carbocycles. The number of hydrogen-bond acceptors (Lipinski definition) is 3. The van der Waals surface area contributed by atoms with Gasteiger partial charge in [0.05, 0.1) is 5.69 Å². The van der Waals surface area contributed by atoms with Gasteiger partial charge in [-0.15, -0.1) is 0 Å². The minimum absolute atomic E-state index is 0.104. The zero-order valence-corrected chi connectivity index (χ0v) is 14.3. The average molecular weight is 330 g/mol. The molecular weight excluding hydrogens is 307 g/mol. The molecule has 0 radical (unpaired) electrons. The minimum atomic E-state index is -0.432. The van der Waals surface area contributed by atoms with Gasteiger partial charge >= 0.3 is 0 Å². The number of rotatable bonds is 4. The number of carbonyl (C=O) groups excluding carboxylic acids is 1. The van der Waals surface area contributed by atoms with Crippen molar-refractivity contribution in [3.63, 3.8) is 0 Å². The van der Waals surface area contributed by atoms with Crippen LogP contribution in [0.2, 0.25) is 0 Å². The van der Waals surface area contributed by atoms with E-state index in [1.165, 1.54) is 6.07 Å². The lowest BCUT2D eigenvalue weighted by atomic mass is 10.1. The lowest BCUT2D eigenvalue weighted by Crippen LogP contribution is -2.30. The molecule has 1 amide bonds. The van der Waals surface area contributed by atoms with Gasteiger partial charge in [-0.25, -0.2) is 9.07 Å². The van der Waals surface area contributed by atoms with Crippen LogP contribution in [0.15, 0.2) is 24.3 Å². The maximum atomic E-state index is 14.5. The van der Waals surface area contributed by atoms with E-state index in [9.17, 15) is 9.18 Å². The second-order valence-corrected chi connectivity index (χ2v) is 6.47. The average Bonchev–Trinajstić information content (AvgIpc) is 3.13. The van der Waals surface area contributed by atoms with Gasteiger partial charge in [0.25, 0.3) is 5.91 Å². The molecule has 6 heteroatoms. The predicted molar refractivity (Wildman–Crippen MR) is 90.9 cm³/mol. The summed E-state index contributed by atoms with van der Waals surface area (Å²) < 4.78 is 16.1. The number of halogens is 1. The van der Waals surface area contributed by atoms with Crippen LogP contribution in [0.4, 0.5) is 4.39 Å². The van der Waals surface area contributed by atoms with Gasteiger partial charge < -0.3 is 10.2 Å². The standard InChI is InChI=1S/C18H23FN4O/c1-12-8-13(2)23(21-12)17-5-4-15(9-16(17)19)18(24)22-7-6-14(11-22)10-20-3/h4-5,8-9,14,20H,6-7,10-11H2,1-3H3/t14-/m1/s1. The molecule has 0 bridgehead atoms. The van der Waals surface area contributed by atoms with Gasteiger partial charge in [-0.3, -0.25) is 4.79 Å². The molecule has 1 fully saturated rings. The molecule has 3 rings (SSSR count). The van der Waals surface area contributed by atoms with Crippen molar-refractivity contribution in [1.29, 1.82) is 0 Å². The zero-order valence-electron chi connectivity index (χ0n) is 14.3. The third kappa shape index (κ3) is 3.19. The molecule has 1 atom stereocenters. The number of carbonyl (C=O) groups is 1. The summed E-state index contributed by atoms with van der Waals surface area (Å²) in [6, 6.07) is 6.52. The van der Waals surface area contributed by atoms with E-state index in [1.54, 1.807) is 21.7 Å². The first-order chi connectivity index (χ1) is 11.5. The van der Waals surface area contributed by atoms with Crippen molar-refractivity contribution in [2.45, 2.75) is 20.3 Å². The molecule has 5 nitrogen and oxygen atoms in total. The highest BCUT2D eigenvalue weighted by Gasteiger charge is 2.27. The fourth-order valence-corrected chi connectivity index (χ4v) is 3.34. The number of aryl methyl sites for hydroxylation is 2. The molecule has 1 aromatic carbocycles. The van der Waals surface area contributed by atoms with Crippen LogP contribution >= 0.6 is 0 Å². The third-order valence-corrected chi connectivity index (χ3v) is 4.50. The van der Waals surface area contributed by atoms with Gasteiger partial charge in [0, 0.05) is 24.3 Å². The maximum Gasteiger partial charge on any atom is 0.253 e. The Kier molecular flexibility index (Phi) is 4.66. The number of nitrogens with zero attached hydrogens (tertiary/aromatic N) is 3. The second kappa shape index (κ2) is 6.73. The van der Waals surface area contributed by atoms with E-state index in [0.717, 1.165) is 37.4 Å². The largest absolute Gasteiger partial charge is 0.338 e. The van der Waals surface area contributed by atoms with Gasteiger partial charge in [0.2, 0.25) is 0 Å². The number of likely N-dealkylation sites (tertiary alicyclic amines) is 1. The van der Waals surface area contributed by atoms with Crippen molar-refractivity contribution >= 4 is 5.91 Å². The second-order valence-electron chi connectivity index (χ2n) is 6.47. The molecule has 1 N–H and O–H groups in total. The number of aromatic nitrogens is 2. The Morgan fingerprint density at radius 3 is 2.79 bits per heavy atom. The van der Waals surface area contributed by atoms with E-state index in [-0.39, 0.29) is 5.91 Å². The molecule has 0 aliphatic carbocycles. The van der Waals surface area contributed by atoms with Crippen LogP contribution in [-0.2, 0) is 0 Å². The predicted octanol–water partition coefficient (Wildman–Crippen LogP) is 2.31. The summed E-state index contributed by atoms with van der Waals surface area (Å²) in [5.74, 6) is -0.0665. The fourth-order valence-electron chi connectivity index (χ4n) is 3.34. The lowest BCUT2D eigenvalue weighted by molar-refractivity contribution is 0.0786. The topological polar surface area (TPSA) is 50.2 Å². The van der Waals surface area contributed by atoms with E-state index in [1.807, 2.05) is 27.0 Å². The molecule has 2 heterocycles. The van der Waals surface area contributed by atoms with Crippen molar-refractivity contribution in [2.75, 3.05) is 26.7 Å². The Labute approximate surface area is 141 Å². The highest BCUT2D eigenvalue weighted by atomic mass is 19.1. The molecule has 2 aromatic rings. The normalized spacial score (nSPS) is 17.5. The first-order valence-electron chi connectivity index (χ1n) is 8.26. The van der Waals surface area contributed by atoms with Crippen LogP contribution < -0.4 is 5.32 Å². The van der Waals surface area contributed by atoms with Crippen molar-refractivity contribution in [2.24, 2.45) is 5.92 Å². The Morgan fingerprint density at radius 2 is 2.17 bits per heavy atom. The van der Waals surface area contributed by atoms with Crippen molar-refractivity contribution < 1.29 is 9.18 Å². The summed E-state index contributed by atoms with van der Waals surface area (Å²) in [7, 11) is 1.91. The van der Waals surface area contributed by atoms with Gasteiger partial charge in [-0.1, -0.05) is 0 Å². The minimum Gasteiger partial charge on any atom is -0.338 e. The highest BCUT2D eigenvalue weighted by Crippen LogP contribution is 2.21. The van der Waals surface area contributed by atoms with Crippen molar-refractivity contribution in [3.8, 4) is 5.69 Å². The van der Waals surface area contributed by atoms with Crippen LogP contribution in [-0.4, -0.2) is 47.3 Å².